The van der Waals surface area contributed by atoms with Crippen molar-refractivity contribution in [3.8, 4) is 11.3 Å². The summed E-state index contributed by atoms with van der Waals surface area (Å²) in [5, 5.41) is 9.82. The van der Waals surface area contributed by atoms with Crippen molar-refractivity contribution in [2.75, 3.05) is 7.05 Å². The topological polar surface area (TPSA) is 68.8 Å². The summed E-state index contributed by atoms with van der Waals surface area (Å²) in [4.78, 5) is 20.0. The fraction of sp³-hybridized carbons (Fsp3) is 0.304. The molecule has 31 heavy (non-hydrogen) atoms. The van der Waals surface area contributed by atoms with Gasteiger partial charge in [0, 0.05) is 43.0 Å². The summed E-state index contributed by atoms with van der Waals surface area (Å²) in [5.74, 6) is -0.0710. The maximum absolute atomic E-state index is 13.5. The number of para-hydroxylation sites is 1. The number of fused-ring (bicyclic) bond motifs is 1. The average Bonchev–Trinajstić information content (AvgIpc) is 3.33. The zero-order valence-electron chi connectivity index (χ0n) is 18.1. The first-order valence-corrected chi connectivity index (χ1v) is 11.1. The van der Waals surface area contributed by atoms with Gasteiger partial charge in [0.25, 0.3) is 5.91 Å². The maximum atomic E-state index is 13.5. The molecule has 0 aliphatic heterocycles. The Labute approximate surface area is 189 Å². The van der Waals surface area contributed by atoms with Gasteiger partial charge in [0.05, 0.1) is 39.7 Å². The molecule has 1 aromatic carbocycles. The Morgan fingerprint density at radius 2 is 1.97 bits per heavy atom. The Balaban J connectivity index is 1.75. The molecule has 0 bridgehead atoms. The number of benzene rings is 1. The van der Waals surface area contributed by atoms with E-state index in [4.69, 9.17) is 4.98 Å². The van der Waals surface area contributed by atoms with Gasteiger partial charge >= 0.3 is 0 Å². The highest BCUT2D eigenvalue weighted by Gasteiger charge is 2.20. The van der Waals surface area contributed by atoms with Crippen molar-refractivity contribution in [1.82, 2.24) is 29.4 Å². The first-order valence-electron chi connectivity index (χ1n) is 10.3. The molecule has 3 aromatic heterocycles. The number of carbonyl (C=O) groups excluding carboxylic acids is 1. The van der Waals surface area contributed by atoms with Gasteiger partial charge < -0.3 is 4.90 Å². The first kappa shape index (κ1) is 21.2. The number of aryl methyl sites for hydroxylation is 2. The van der Waals surface area contributed by atoms with Crippen molar-refractivity contribution in [2.45, 2.75) is 40.4 Å². The molecule has 0 saturated heterocycles. The minimum Gasteiger partial charge on any atom is -0.336 e. The van der Waals surface area contributed by atoms with Crippen molar-refractivity contribution in [3.05, 3.63) is 64.1 Å². The van der Waals surface area contributed by atoms with Crippen molar-refractivity contribution < 1.29 is 4.79 Å². The summed E-state index contributed by atoms with van der Waals surface area (Å²) >= 11 is 3.55. The molecule has 1 amide bonds. The molecule has 0 aliphatic carbocycles. The second-order valence-electron chi connectivity index (χ2n) is 7.47. The van der Waals surface area contributed by atoms with E-state index in [2.05, 4.69) is 33.1 Å². The van der Waals surface area contributed by atoms with Crippen LogP contribution in [-0.4, -0.2) is 42.4 Å². The fourth-order valence-corrected chi connectivity index (χ4v) is 4.16. The largest absolute Gasteiger partial charge is 0.336 e. The van der Waals surface area contributed by atoms with Crippen LogP contribution >= 0.6 is 15.9 Å². The molecule has 0 unspecified atom stereocenters. The standard InChI is InChI=1S/C23H25BrN6O/c1-5-29-13-19(24)22(27-29)14-28(4)23(31)17-11-21(18-12-25-30(6-2)15(18)3)26-20-10-8-7-9-16(17)20/h7-13H,5-6,14H2,1-4H3. The third kappa shape index (κ3) is 3.99. The highest BCUT2D eigenvalue weighted by Crippen LogP contribution is 2.28. The van der Waals surface area contributed by atoms with Crippen LogP contribution in [0.1, 0.15) is 35.6 Å². The molecule has 0 atom stereocenters. The van der Waals surface area contributed by atoms with Crippen LogP contribution in [0.4, 0.5) is 0 Å². The predicted molar refractivity (Wildman–Crippen MR) is 125 cm³/mol. The molecule has 8 heteroatoms. The number of hydrogen-bond donors (Lipinski definition) is 0. The Hall–Kier alpha value is -3.00. The van der Waals surface area contributed by atoms with Gasteiger partial charge in [0.2, 0.25) is 0 Å². The summed E-state index contributed by atoms with van der Waals surface area (Å²) in [6.07, 6.45) is 3.75. The Kier molecular flexibility index (Phi) is 5.91. The number of aromatic nitrogens is 5. The lowest BCUT2D eigenvalue weighted by Gasteiger charge is -2.18. The number of amides is 1. The van der Waals surface area contributed by atoms with Crippen LogP contribution in [0.2, 0.25) is 0 Å². The number of halogens is 1. The maximum Gasteiger partial charge on any atom is 0.254 e. The average molecular weight is 481 g/mol. The molecule has 7 nitrogen and oxygen atoms in total. The van der Waals surface area contributed by atoms with Crippen LogP contribution in [0.5, 0.6) is 0 Å². The first-order chi connectivity index (χ1) is 14.9. The lowest BCUT2D eigenvalue weighted by molar-refractivity contribution is 0.0785. The molecule has 3 heterocycles. The van der Waals surface area contributed by atoms with Gasteiger partial charge in [-0.15, -0.1) is 0 Å². The lowest BCUT2D eigenvalue weighted by Crippen LogP contribution is -2.27. The normalized spacial score (nSPS) is 11.3. The summed E-state index contributed by atoms with van der Waals surface area (Å²) in [6, 6.07) is 9.63. The minimum absolute atomic E-state index is 0.0710. The molecule has 0 saturated carbocycles. The van der Waals surface area contributed by atoms with E-state index >= 15 is 0 Å². The smallest absolute Gasteiger partial charge is 0.254 e. The van der Waals surface area contributed by atoms with Gasteiger partial charge in [-0.05, 0) is 48.8 Å². The third-order valence-corrected chi connectivity index (χ3v) is 6.13. The van der Waals surface area contributed by atoms with E-state index in [0.29, 0.717) is 12.1 Å². The molecule has 0 fully saturated rings. The van der Waals surface area contributed by atoms with Gasteiger partial charge in [0.15, 0.2) is 0 Å². The molecular formula is C23H25BrN6O. The monoisotopic (exact) mass is 480 g/mol. The van der Waals surface area contributed by atoms with Crippen LogP contribution in [0, 0.1) is 6.92 Å². The zero-order valence-corrected chi connectivity index (χ0v) is 19.7. The molecule has 4 aromatic rings. The summed E-state index contributed by atoms with van der Waals surface area (Å²) in [5.41, 5.74) is 4.97. The van der Waals surface area contributed by atoms with Crippen molar-refractivity contribution in [1.29, 1.82) is 0 Å². The van der Waals surface area contributed by atoms with Crippen molar-refractivity contribution in [2.24, 2.45) is 0 Å². The van der Waals surface area contributed by atoms with E-state index in [-0.39, 0.29) is 5.91 Å². The van der Waals surface area contributed by atoms with Gasteiger partial charge in [-0.3, -0.25) is 14.2 Å². The summed E-state index contributed by atoms with van der Waals surface area (Å²) < 4.78 is 4.68. The highest BCUT2D eigenvalue weighted by atomic mass is 79.9. The van der Waals surface area contributed by atoms with Gasteiger partial charge in [0.1, 0.15) is 0 Å². The lowest BCUT2D eigenvalue weighted by atomic mass is 10.0. The van der Waals surface area contributed by atoms with Gasteiger partial charge in [-0.2, -0.15) is 10.2 Å². The van der Waals surface area contributed by atoms with Gasteiger partial charge in [-0.1, -0.05) is 18.2 Å². The zero-order chi connectivity index (χ0) is 22.1. The molecule has 160 valence electrons. The minimum atomic E-state index is -0.0710. The molecule has 0 aliphatic rings. The Morgan fingerprint density at radius 3 is 2.65 bits per heavy atom. The molecule has 0 radical (unpaired) electrons. The molecular weight excluding hydrogens is 456 g/mol. The SMILES string of the molecule is CCn1cc(Br)c(CN(C)C(=O)c2cc(-c3cnn(CC)c3C)nc3ccccc23)n1. The molecule has 0 N–H and O–H groups in total. The van der Waals surface area contributed by atoms with E-state index in [9.17, 15) is 4.79 Å². The highest BCUT2D eigenvalue weighted by molar-refractivity contribution is 9.10. The molecule has 0 spiro atoms. The van der Waals surface area contributed by atoms with E-state index < -0.39 is 0 Å². The molecule has 4 rings (SSSR count). The van der Waals surface area contributed by atoms with Gasteiger partial charge in [-0.25, -0.2) is 4.98 Å². The second-order valence-corrected chi connectivity index (χ2v) is 8.33. The van der Waals surface area contributed by atoms with Crippen LogP contribution in [0.25, 0.3) is 22.2 Å². The predicted octanol–water partition coefficient (Wildman–Crippen LogP) is 4.68. The van der Waals surface area contributed by atoms with Crippen LogP contribution in [0.3, 0.4) is 0 Å². The fourth-order valence-electron chi connectivity index (χ4n) is 3.72. The summed E-state index contributed by atoms with van der Waals surface area (Å²) in [7, 11) is 1.80. The van der Waals surface area contributed by atoms with Crippen LogP contribution in [-0.2, 0) is 19.6 Å². The quantitative estimate of drug-likeness (QED) is 0.401. The number of rotatable bonds is 6. The number of hydrogen-bond acceptors (Lipinski definition) is 4. The number of nitrogens with zero attached hydrogens (tertiary/aromatic N) is 6. The van der Waals surface area contributed by atoms with E-state index in [1.807, 2.05) is 65.9 Å². The van der Waals surface area contributed by atoms with Crippen LogP contribution in [0.15, 0.2) is 47.2 Å². The third-order valence-electron chi connectivity index (χ3n) is 5.47. The van der Waals surface area contributed by atoms with E-state index in [0.717, 1.165) is 51.1 Å². The van der Waals surface area contributed by atoms with E-state index in [1.165, 1.54) is 0 Å². The Morgan fingerprint density at radius 1 is 1.19 bits per heavy atom. The number of carbonyl (C=O) groups is 1. The summed E-state index contributed by atoms with van der Waals surface area (Å²) in [6.45, 7) is 8.08. The van der Waals surface area contributed by atoms with E-state index in [1.54, 1.807) is 11.9 Å². The second kappa shape index (κ2) is 8.63. The number of pyridine rings is 1. The Bertz CT molecular complexity index is 1260. The van der Waals surface area contributed by atoms with Crippen molar-refractivity contribution >= 4 is 32.7 Å². The van der Waals surface area contributed by atoms with Crippen LogP contribution < -0.4 is 0 Å². The van der Waals surface area contributed by atoms with Crippen molar-refractivity contribution in [3.63, 3.8) is 0 Å².